The molecule has 188 valence electrons. The molecule has 3 aromatic rings. The largest absolute Gasteiger partial charge is 0.508 e. The Morgan fingerprint density at radius 2 is 1.81 bits per heavy atom. The summed E-state index contributed by atoms with van der Waals surface area (Å²) in [7, 11) is 0. The van der Waals surface area contributed by atoms with Crippen LogP contribution in [0.2, 0.25) is 0 Å². The van der Waals surface area contributed by atoms with Crippen LogP contribution in [0.4, 0.5) is 13.2 Å². The van der Waals surface area contributed by atoms with E-state index in [4.69, 9.17) is 4.74 Å². The monoisotopic (exact) mass is 515 g/mol. The van der Waals surface area contributed by atoms with Crippen molar-refractivity contribution in [1.29, 1.82) is 0 Å². The topological polar surface area (TPSA) is 70.0 Å². The highest BCUT2D eigenvalue weighted by Gasteiger charge is 2.34. The fourth-order valence-electron chi connectivity index (χ4n) is 4.47. The van der Waals surface area contributed by atoms with Crippen molar-refractivity contribution in [1.82, 2.24) is 4.90 Å². The number of allylic oxidation sites excluding steroid dienone is 3. The first-order chi connectivity index (χ1) is 17.2. The second-order valence-corrected chi connectivity index (χ2v) is 10.1. The predicted molar refractivity (Wildman–Crippen MR) is 132 cm³/mol. The maximum absolute atomic E-state index is 13.7. The normalized spacial score (nSPS) is 18.8. The fourth-order valence-corrected chi connectivity index (χ4v) is 5.72. The molecule has 5 nitrogen and oxygen atoms in total. The Morgan fingerprint density at radius 3 is 2.47 bits per heavy atom. The van der Waals surface area contributed by atoms with Gasteiger partial charge in [0, 0.05) is 46.1 Å². The molecule has 0 spiro atoms. The molecule has 1 fully saturated rings. The predicted octanol–water partition coefficient (Wildman–Crippen LogP) is 6.28. The zero-order chi connectivity index (χ0) is 25.4. The Balaban J connectivity index is 1.28. The third kappa shape index (κ3) is 5.27. The highest BCUT2D eigenvalue weighted by Crippen LogP contribution is 2.42. The molecule has 1 aliphatic carbocycles. The molecule has 0 amide bonds. The number of nitrogens with zero attached hydrogens (tertiary/aromatic N) is 1. The lowest BCUT2D eigenvalue weighted by atomic mass is 9.89. The van der Waals surface area contributed by atoms with E-state index < -0.39 is 18.5 Å². The average molecular weight is 516 g/mol. The van der Waals surface area contributed by atoms with E-state index in [1.54, 1.807) is 53.4 Å². The number of halogens is 3. The lowest BCUT2D eigenvalue weighted by Gasteiger charge is -2.39. The number of Topliss-reactive ketones (excluding diaryl/α,β-unsaturated/α-hetero) is 1. The summed E-state index contributed by atoms with van der Waals surface area (Å²) in [5.74, 6) is 0.426. The smallest absolute Gasteiger partial charge is 0.390 e. The number of carbonyl (C=O) groups excluding carboxylic acids is 1. The van der Waals surface area contributed by atoms with E-state index in [0.717, 1.165) is 20.5 Å². The number of thiophene rings is 1. The van der Waals surface area contributed by atoms with Gasteiger partial charge in [-0.3, -0.25) is 9.69 Å². The van der Waals surface area contributed by atoms with Gasteiger partial charge < -0.3 is 14.9 Å². The summed E-state index contributed by atoms with van der Waals surface area (Å²) >= 11 is 1.41. The highest BCUT2D eigenvalue weighted by molar-refractivity contribution is 7.22. The standard InChI is InChI=1S/C27H24F3NO4S/c28-27(29,30)11-12-31-14-21(15-31)35-20-8-3-16(4-9-20)25(34)24-22-10-7-19(33)13-23(22)36-26(24)17-1-5-18(32)6-2-17/h1-3,5-10,13,16,21,32-33H,4,11-12,14-15H2. The number of fused-ring (bicyclic) bond motifs is 1. The number of phenolic OH excluding ortho intramolecular Hbond substituents is 2. The average Bonchev–Trinajstić information content (AvgIpc) is 3.18. The van der Waals surface area contributed by atoms with Gasteiger partial charge in [-0.25, -0.2) is 0 Å². The summed E-state index contributed by atoms with van der Waals surface area (Å²) in [6.45, 7) is 0.880. The summed E-state index contributed by atoms with van der Waals surface area (Å²) < 4.78 is 43.8. The molecule has 2 aromatic carbocycles. The molecule has 2 heterocycles. The first kappa shape index (κ1) is 24.4. The minimum Gasteiger partial charge on any atom is -0.508 e. The summed E-state index contributed by atoms with van der Waals surface area (Å²) in [6, 6.07) is 11.6. The number of likely N-dealkylation sites (tertiary alicyclic amines) is 1. The van der Waals surface area contributed by atoms with Gasteiger partial charge in [-0.05, 0) is 66.6 Å². The van der Waals surface area contributed by atoms with E-state index in [1.165, 1.54) is 11.3 Å². The van der Waals surface area contributed by atoms with Gasteiger partial charge in [-0.2, -0.15) is 13.2 Å². The van der Waals surface area contributed by atoms with Crippen LogP contribution in [0.15, 0.2) is 66.5 Å². The minimum atomic E-state index is -4.15. The van der Waals surface area contributed by atoms with Crippen molar-refractivity contribution < 1.29 is 32.9 Å². The molecule has 1 aromatic heterocycles. The second-order valence-electron chi connectivity index (χ2n) is 9.07. The zero-order valence-corrected chi connectivity index (χ0v) is 20.0. The van der Waals surface area contributed by atoms with Crippen molar-refractivity contribution >= 4 is 27.2 Å². The number of benzene rings is 2. The van der Waals surface area contributed by atoms with Crippen LogP contribution in [0.1, 0.15) is 23.2 Å². The lowest BCUT2D eigenvalue weighted by molar-refractivity contribution is -0.144. The number of hydrogen-bond acceptors (Lipinski definition) is 6. The van der Waals surface area contributed by atoms with E-state index in [2.05, 4.69) is 0 Å². The number of rotatable bonds is 7. The summed E-state index contributed by atoms with van der Waals surface area (Å²) in [6.07, 6.45) is 0.721. The molecule has 1 aliphatic heterocycles. The van der Waals surface area contributed by atoms with Crippen molar-refractivity contribution in [2.75, 3.05) is 19.6 Å². The number of aromatic hydroxyl groups is 2. The van der Waals surface area contributed by atoms with Crippen LogP contribution in [0, 0.1) is 5.92 Å². The van der Waals surface area contributed by atoms with Crippen LogP contribution >= 0.6 is 11.3 Å². The van der Waals surface area contributed by atoms with Gasteiger partial charge in [0.1, 0.15) is 23.4 Å². The number of ether oxygens (including phenoxy) is 1. The summed E-state index contributed by atoms with van der Waals surface area (Å²) in [5, 5.41) is 20.4. The second kappa shape index (κ2) is 9.63. The molecule has 0 saturated carbocycles. The molecule has 1 atom stereocenters. The SMILES string of the molecule is O=C(c1c(-c2ccc(O)cc2)sc2cc(O)ccc12)C1C=CC(OC2CN(CCC(F)(F)F)C2)=CC1. The maximum atomic E-state index is 13.7. The Hall–Kier alpha value is -3.30. The molecular weight excluding hydrogens is 491 g/mol. The Bertz CT molecular complexity index is 1340. The number of carbonyl (C=O) groups is 1. The van der Waals surface area contributed by atoms with Gasteiger partial charge in [-0.15, -0.1) is 11.3 Å². The number of ketones is 1. The molecule has 0 bridgehead atoms. The number of alkyl halides is 3. The molecular formula is C27H24F3NO4S. The first-order valence-corrected chi connectivity index (χ1v) is 12.4. The van der Waals surface area contributed by atoms with Crippen LogP contribution in [0.25, 0.3) is 20.5 Å². The van der Waals surface area contributed by atoms with Gasteiger partial charge in [0.15, 0.2) is 5.78 Å². The van der Waals surface area contributed by atoms with E-state index >= 15 is 0 Å². The Morgan fingerprint density at radius 1 is 1.08 bits per heavy atom. The van der Waals surface area contributed by atoms with Crippen molar-refractivity contribution in [3.63, 3.8) is 0 Å². The molecule has 36 heavy (non-hydrogen) atoms. The zero-order valence-electron chi connectivity index (χ0n) is 19.2. The van der Waals surface area contributed by atoms with Crippen LogP contribution in [-0.4, -0.2) is 52.8 Å². The van der Waals surface area contributed by atoms with Crippen molar-refractivity contribution in [3.8, 4) is 21.9 Å². The van der Waals surface area contributed by atoms with E-state index in [9.17, 15) is 28.2 Å². The summed E-state index contributed by atoms with van der Waals surface area (Å²) in [5.41, 5.74) is 1.38. The fraction of sp³-hybridized carbons (Fsp3) is 0.296. The Kier molecular flexibility index (Phi) is 6.53. The molecule has 9 heteroatoms. The van der Waals surface area contributed by atoms with Gasteiger partial charge in [-0.1, -0.05) is 6.08 Å². The minimum absolute atomic E-state index is 0.0233. The van der Waals surface area contributed by atoms with Crippen LogP contribution in [0.3, 0.4) is 0 Å². The van der Waals surface area contributed by atoms with Gasteiger partial charge >= 0.3 is 6.18 Å². The van der Waals surface area contributed by atoms with Crippen molar-refractivity contribution in [2.45, 2.75) is 25.1 Å². The number of phenols is 2. The van der Waals surface area contributed by atoms with Gasteiger partial charge in [0.25, 0.3) is 0 Å². The highest BCUT2D eigenvalue weighted by atomic mass is 32.1. The molecule has 1 unspecified atom stereocenters. The van der Waals surface area contributed by atoms with Gasteiger partial charge in [0.2, 0.25) is 0 Å². The number of hydrogen-bond donors (Lipinski definition) is 2. The first-order valence-electron chi connectivity index (χ1n) is 11.6. The molecule has 0 radical (unpaired) electrons. The van der Waals surface area contributed by atoms with Crippen molar-refractivity contribution in [2.24, 2.45) is 5.92 Å². The van der Waals surface area contributed by atoms with Crippen LogP contribution < -0.4 is 0 Å². The lowest BCUT2D eigenvalue weighted by Crippen LogP contribution is -2.52. The van der Waals surface area contributed by atoms with E-state index in [1.807, 2.05) is 12.2 Å². The maximum Gasteiger partial charge on any atom is 0.390 e. The van der Waals surface area contributed by atoms with E-state index in [-0.39, 0.29) is 29.9 Å². The molecule has 2 N–H and O–H groups in total. The molecule has 2 aliphatic rings. The van der Waals surface area contributed by atoms with Crippen LogP contribution in [-0.2, 0) is 4.74 Å². The summed E-state index contributed by atoms with van der Waals surface area (Å²) in [4.78, 5) is 16.2. The van der Waals surface area contributed by atoms with Gasteiger partial charge in [0.05, 0.1) is 6.42 Å². The molecule has 5 rings (SSSR count). The molecule has 1 saturated heterocycles. The quantitative estimate of drug-likeness (QED) is 0.363. The van der Waals surface area contributed by atoms with E-state index in [0.29, 0.717) is 30.8 Å². The third-order valence-corrected chi connectivity index (χ3v) is 7.59. The van der Waals surface area contributed by atoms with Crippen molar-refractivity contribution in [3.05, 3.63) is 72.0 Å². The Labute approximate surface area is 209 Å². The van der Waals surface area contributed by atoms with Crippen LogP contribution in [0.5, 0.6) is 11.5 Å². The third-order valence-electron chi connectivity index (χ3n) is 6.39.